The van der Waals surface area contributed by atoms with Crippen LogP contribution in [0.3, 0.4) is 0 Å². The number of halogens is 1. The molecular weight excluding hydrogens is 356 g/mol. The van der Waals surface area contributed by atoms with Gasteiger partial charge in [0, 0.05) is 28.9 Å². The topological polar surface area (TPSA) is 55.6 Å². The molecule has 2 aromatic rings. The van der Waals surface area contributed by atoms with Gasteiger partial charge in [0.25, 0.3) is 0 Å². The number of nitrogens with two attached hydrogens (primary N) is 1. The standard InChI is InChI=1S/C19H24N2O2S.ClH/c1-23-18-7-3-2-5-15(18)12-21(13-17-6-4-10-24-17)19(22)14-8-9-16(20)11-14;/h2-7,10,14,16H,8-9,11-13,20H2,1H3;1H. The number of para-hydroxylation sites is 1. The summed E-state index contributed by atoms with van der Waals surface area (Å²) in [6.07, 6.45) is 2.64. The Kier molecular flexibility index (Phi) is 7.29. The number of benzene rings is 1. The van der Waals surface area contributed by atoms with Crippen LogP contribution in [-0.4, -0.2) is 24.0 Å². The van der Waals surface area contributed by atoms with Crippen molar-refractivity contribution in [1.82, 2.24) is 4.90 Å². The highest BCUT2D eigenvalue weighted by molar-refractivity contribution is 7.09. The van der Waals surface area contributed by atoms with Crippen LogP contribution in [0.1, 0.15) is 29.7 Å². The Balaban J connectivity index is 0.00000225. The van der Waals surface area contributed by atoms with Crippen molar-refractivity contribution >= 4 is 29.7 Å². The van der Waals surface area contributed by atoms with E-state index in [1.807, 2.05) is 40.6 Å². The van der Waals surface area contributed by atoms with Gasteiger partial charge in [-0.2, -0.15) is 0 Å². The first-order valence-corrected chi connectivity index (χ1v) is 9.24. The largest absolute Gasteiger partial charge is 0.496 e. The Hall–Kier alpha value is -1.56. The second kappa shape index (κ2) is 9.22. The van der Waals surface area contributed by atoms with Gasteiger partial charge in [0.2, 0.25) is 5.91 Å². The van der Waals surface area contributed by atoms with Crippen LogP contribution in [0.15, 0.2) is 41.8 Å². The molecule has 0 bridgehead atoms. The molecule has 1 aromatic carbocycles. The molecule has 0 aliphatic heterocycles. The first kappa shape index (κ1) is 19.8. The summed E-state index contributed by atoms with van der Waals surface area (Å²) in [5, 5.41) is 2.05. The van der Waals surface area contributed by atoms with Crippen LogP contribution in [0.2, 0.25) is 0 Å². The highest BCUT2D eigenvalue weighted by Gasteiger charge is 2.31. The quantitative estimate of drug-likeness (QED) is 0.828. The second-order valence-corrected chi connectivity index (χ2v) is 7.39. The molecule has 1 heterocycles. The average molecular weight is 381 g/mol. The van der Waals surface area contributed by atoms with Crippen LogP contribution >= 0.6 is 23.7 Å². The third-order valence-electron chi connectivity index (χ3n) is 4.61. The van der Waals surface area contributed by atoms with E-state index in [0.717, 1.165) is 30.6 Å². The van der Waals surface area contributed by atoms with Gasteiger partial charge in [-0.3, -0.25) is 4.79 Å². The maximum Gasteiger partial charge on any atom is 0.226 e. The lowest BCUT2D eigenvalue weighted by molar-refractivity contribution is -0.136. The van der Waals surface area contributed by atoms with E-state index in [-0.39, 0.29) is 30.3 Å². The summed E-state index contributed by atoms with van der Waals surface area (Å²) in [4.78, 5) is 16.2. The number of thiophene rings is 1. The maximum atomic E-state index is 13.1. The van der Waals surface area contributed by atoms with Crippen molar-refractivity contribution < 1.29 is 9.53 Å². The van der Waals surface area contributed by atoms with Gasteiger partial charge in [-0.1, -0.05) is 24.3 Å². The highest BCUT2D eigenvalue weighted by Crippen LogP contribution is 2.29. The molecule has 6 heteroatoms. The molecule has 0 spiro atoms. The van der Waals surface area contributed by atoms with Gasteiger partial charge in [0.05, 0.1) is 13.7 Å². The zero-order chi connectivity index (χ0) is 16.9. The fraction of sp³-hybridized carbons (Fsp3) is 0.421. The molecule has 1 saturated carbocycles. The van der Waals surface area contributed by atoms with Crippen LogP contribution in [0, 0.1) is 5.92 Å². The van der Waals surface area contributed by atoms with Crippen molar-refractivity contribution in [3.8, 4) is 5.75 Å². The van der Waals surface area contributed by atoms with Gasteiger partial charge in [0.15, 0.2) is 0 Å². The summed E-state index contributed by atoms with van der Waals surface area (Å²) in [5.41, 5.74) is 7.04. The van der Waals surface area contributed by atoms with E-state index in [9.17, 15) is 4.79 Å². The summed E-state index contributed by atoms with van der Waals surface area (Å²) in [6.45, 7) is 1.20. The zero-order valence-corrected chi connectivity index (χ0v) is 16.0. The normalized spacial score (nSPS) is 19.3. The van der Waals surface area contributed by atoms with Crippen LogP contribution in [0.25, 0.3) is 0 Å². The van der Waals surface area contributed by atoms with Crippen molar-refractivity contribution in [2.45, 2.75) is 38.4 Å². The number of methoxy groups -OCH3 is 1. The average Bonchev–Trinajstić information content (AvgIpc) is 3.25. The van der Waals surface area contributed by atoms with E-state index in [0.29, 0.717) is 13.1 Å². The number of ether oxygens (including phenoxy) is 1. The zero-order valence-electron chi connectivity index (χ0n) is 14.4. The molecule has 1 amide bonds. The molecule has 1 aliphatic carbocycles. The molecule has 2 atom stereocenters. The molecule has 1 fully saturated rings. The maximum absolute atomic E-state index is 13.1. The molecule has 4 nitrogen and oxygen atoms in total. The van der Waals surface area contributed by atoms with Crippen LogP contribution in [0.5, 0.6) is 5.75 Å². The van der Waals surface area contributed by atoms with Gasteiger partial charge in [0.1, 0.15) is 5.75 Å². The van der Waals surface area contributed by atoms with E-state index >= 15 is 0 Å². The van der Waals surface area contributed by atoms with Crippen molar-refractivity contribution in [3.63, 3.8) is 0 Å². The van der Waals surface area contributed by atoms with Crippen LogP contribution in [-0.2, 0) is 17.9 Å². The highest BCUT2D eigenvalue weighted by atomic mass is 35.5. The number of carbonyl (C=O) groups excluding carboxylic acids is 1. The number of rotatable bonds is 6. The summed E-state index contributed by atoms with van der Waals surface area (Å²) in [7, 11) is 1.67. The van der Waals surface area contributed by atoms with Crippen molar-refractivity contribution in [3.05, 3.63) is 52.2 Å². The molecule has 1 aliphatic rings. The third kappa shape index (κ3) is 4.97. The van der Waals surface area contributed by atoms with Crippen molar-refractivity contribution in [2.75, 3.05) is 7.11 Å². The molecule has 1 aromatic heterocycles. The Morgan fingerprint density at radius 1 is 1.24 bits per heavy atom. The first-order valence-electron chi connectivity index (χ1n) is 8.36. The van der Waals surface area contributed by atoms with E-state index in [4.69, 9.17) is 10.5 Å². The van der Waals surface area contributed by atoms with E-state index in [1.54, 1.807) is 18.4 Å². The number of carbonyl (C=O) groups is 1. The number of hydrogen-bond acceptors (Lipinski definition) is 4. The predicted molar refractivity (Wildman–Crippen MR) is 104 cm³/mol. The van der Waals surface area contributed by atoms with Crippen molar-refractivity contribution in [1.29, 1.82) is 0 Å². The van der Waals surface area contributed by atoms with E-state index in [2.05, 4.69) is 6.07 Å². The van der Waals surface area contributed by atoms with Gasteiger partial charge in [-0.15, -0.1) is 23.7 Å². The molecule has 3 rings (SSSR count). The number of amides is 1. The smallest absolute Gasteiger partial charge is 0.226 e. The molecule has 0 radical (unpaired) electrons. The monoisotopic (exact) mass is 380 g/mol. The molecule has 2 unspecified atom stereocenters. The van der Waals surface area contributed by atoms with E-state index in [1.165, 1.54) is 4.88 Å². The summed E-state index contributed by atoms with van der Waals surface area (Å²) >= 11 is 1.68. The number of hydrogen-bond donors (Lipinski definition) is 1. The third-order valence-corrected chi connectivity index (χ3v) is 5.48. The molecule has 136 valence electrons. The minimum absolute atomic E-state index is 0. The fourth-order valence-corrected chi connectivity index (χ4v) is 4.06. The van der Waals surface area contributed by atoms with Gasteiger partial charge in [-0.05, 0) is 36.8 Å². The molecule has 25 heavy (non-hydrogen) atoms. The Morgan fingerprint density at radius 3 is 2.68 bits per heavy atom. The van der Waals surface area contributed by atoms with Crippen LogP contribution in [0.4, 0.5) is 0 Å². The predicted octanol–water partition coefficient (Wildman–Crippen LogP) is 3.83. The Bertz CT molecular complexity index is 678. The number of nitrogens with zero attached hydrogens (tertiary/aromatic N) is 1. The second-order valence-electron chi connectivity index (χ2n) is 6.36. The van der Waals surface area contributed by atoms with Gasteiger partial charge < -0.3 is 15.4 Å². The lowest BCUT2D eigenvalue weighted by Gasteiger charge is -2.26. The van der Waals surface area contributed by atoms with E-state index < -0.39 is 0 Å². The summed E-state index contributed by atoms with van der Waals surface area (Å²) in [5.74, 6) is 1.08. The minimum atomic E-state index is 0. The summed E-state index contributed by atoms with van der Waals surface area (Å²) in [6, 6.07) is 12.2. The molecule has 0 saturated heterocycles. The van der Waals surface area contributed by atoms with Crippen molar-refractivity contribution in [2.24, 2.45) is 11.7 Å². The Morgan fingerprint density at radius 2 is 2.04 bits per heavy atom. The lowest BCUT2D eigenvalue weighted by atomic mass is 10.1. The molecule has 2 N–H and O–H groups in total. The SMILES string of the molecule is COc1ccccc1CN(Cc1cccs1)C(=O)C1CCC(N)C1.Cl. The summed E-state index contributed by atoms with van der Waals surface area (Å²) < 4.78 is 5.45. The van der Waals surface area contributed by atoms with Crippen LogP contribution < -0.4 is 10.5 Å². The molecular formula is C19H25ClN2O2S. The van der Waals surface area contributed by atoms with Gasteiger partial charge >= 0.3 is 0 Å². The lowest BCUT2D eigenvalue weighted by Crippen LogP contribution is -2.35. The Labute approximate surface area is 159 Å². The fourth-order valence-electron chi connectivity index (χ4n) is 3.34. The first-order chi connectivity index (χ1) is 11.7. The van der Waals surface area contributed by atoms with Gasteiger partial charge in [-0.25, -0.2) is 0 Å². The minimum Gasteiger partial charge on any atom is -0.496 e.